The molecule has 112 valence electrons. The third kappa shape index (κ3) is 2.62. The van der Waals surface area contributed by atoms with E-state index >= 15 is 0 Å². The minimum atomic E-state index is -3.47. The van der Waals surface area contributed by atoms with E-state index in [-0.39, 0.29) is 6.10 Å². The molecule has 2 rings (SSSR count). The van der Waals surface area contributed by atoms with Crippen molar-refractivity contribution in [1.29, 1.82) is 0 Å². The van der Waals surface area contributed by atoms with Gasteiger partial charge >= 0.3 is 0 Å². The monoisotopic (exact) mass is 297 g/mol. The van der Waals surface area contributed by atoms with Crippen LogP contribution in [0, 0.1) is 27.7 Å². The number of benzene rings is 1. The summed E-state index contributed by atoms with van der Waals surface area (Å²) in [6.45, 7) is 8.42. The smallest absolute Gasteiger partial charge is 0.243 e. The molecule has 20 heavy (non-hydrogen) atoms. The zero-order valence-electron chi connectivity index (χ0n) is 12.6. The zero-order chi connectivity index (χ0) is 15.1. The third-order valence-corrected chi connectivity index (χ3v) is 6.49. The summed E-state index contributed by atoms with van der Waals surface area (Å²) >= 11 is 0. The highest BCUT2D eigenvalue weighted by Gasteiger charge is 2.31. The normalized spacial score (nSPS) is 18.4. The summed E-state index contributed by atoms with van der Waals surface area (Å²) < 4.78 is 27.3. The van der Waals surface area contributed by atoms with Gasteiger partial charge < -0.3 is 5.11 Å². The summed E-state index contributed by atoms with van der Waals surface area (Å²) in [5.74, 6) is 0. The van der Waals surface area contributed by atoms with Crippen LogP contribution in [0.4, 0.5) is 0 Å². The first kappa shape index (κ1) is 15.5. The summed E-state index contributed by atoms with van der Waals surface area (Å²) in [6.07, 6.45) is 0.660. The molecule has 1 N–H and O–H groups in total. The Morgan fingerprint density at radius 3 is 1.95 bits per heavy atom. The second-order valence-electron chi connectivity index (χ2n) is 5.72. The van der Waals surface area contributed by atoms with Crippen molar-refractivity contribution in [2.75, 3.05) is 13.1 Å². The van der Waals surface area contributed by atoms with E-state index in [0.29, 0.717) is 30.8 Å². The Hall–Kier alpha value is -0.910. The van der Waals surface area contributed by atoms with Gasteiger partial charge in [-0.25, -0.2) is 8.42 Å². The first-order valence-electron chi connectivity index (χ1n) is 7.00. The number of rotatable bonds is 2. The fraction of sp³-hybridized carbons (Fsp3) is 0.600. The van der Waals surface area contributed by atoms with Gasteiger partial charge in [0, 0.05) is 13.1 Å². The van der Waals surface area contributed by atoms with Crippen LogP contribution in [0.3, 0.4) is 0 Å². The number of hydrogen-bond acceptors (Lipinski definition) is 3. The Labute approximate surface area is 121 Å². The molecule has 0 bridgehead atoms. The molecule has 0 atom stereocenters. The molecule has 0 aliphatic carbocycles. The molecule has 0 amide bonds. The fourth-order valence-corrected chi connectivity index (χ4v) is 4.82. The predicted molar refractivity (Wildman–Crippen MR) is 79.4 cm³/mol. The molecule has 5 heteroatoms. The van der Waals surface area contributed by atoms with Gasteiger partial charge in [0.25, 0.3) is 0 Å². The van der Waals surface area contributed by atoms with Gasteiger partial charge in [-0.1, -0.05) is 6.07 Å². The summed E-state index contributed by atoms with van der Waals surface area (Å²) in [6, 6.07) is 2.03. The number of hydrogen-bond donors (Lipinski definition) is 1. The molecule has 0 saturated carbocycles. The van der Waals surface area contributed by atoms with Crippen molar-refractivity contribution in [3.05, 3.63) is 28.3 Å². The van der Waals surface area contributed by atoms with Crippen LogP contribution < -0.4 is 0 Å². The van der Waals surface area contributed by atoms with E-state index in [4.69, 9.17) is 0 Å². The lowest BCUT2D eigenvalue weighted by Crippen LogP contribution is -2.40. The Bertz CT molecular complexity index is 588. The number of aryl methyl sites for hydroxylation is 2. The van der Waals surface area contributed by atoms with Crippen LogP contribution in [0.2, 0.25) is 0 Å². The quantitative estimate of drug-likeness (QED) is 0.909. The molecule has 1 aromatic carbocycles. The van der Waals surface area contributed by atoms with Gasteiger partial charge in [-0.05, 0) is 62.8 Å². The Morgan fingerprint density at radius 2 is 1.50 bits per heavy atom. The molecule has 0 unspecified atom stereocenters. The zero-order valence-corrected chi connectivity index (χ0v) is 13.4. The molecule has 4 nitrogen and oxygen atoms in total. The highest BCUT2D eigenvalue weighted by molar-refractivity contribution is 7.89. The first-order chi connectivity index (χ1) is 9.25. The summed E-state index contributed by atoms with van der Waals surface area (Å²) in [5.41, 5.74) is 3.67. The largest absolute Gasteiger partial charge is 0.393 e. The predicted octanol–water partition coefficient (Wildman–Crippen LogP) is 2.07. The van der Waals surface area contributed by atoms with Crippen LogP contribution >= 0.6 is 0 Å². The number of aliphatic hydroxyl groups excluding tert-OH is 1. The van der Waals surface area contributed by atoms with Gasteiger partial charge in [-0.2, -0.15) is 4.31 Å². The molecule has 1 aliphatic rings. The standard InChI is InChI=1S/C15H23NO3S/c1-10-9-11(2)13(4)15(12(10)3)20(18,19)16-7-5-14(17)6-8-16/h9,14,17H,5-8H2,1-4H3. The van der Waals surface area contributed by atoms with E-state index in [0.717, 1.165) is 22.3 Å². The van der Waals surface area contributed by atoms with Crippen molar-refractivity contribution in [2.24, 2.45) is 0 Å². The van der Waals surface area contributed by atoms with Gasteiger partial charge in [0.1, 0.15) is 0 Å². The maximum atomic E-state index is 12.9. The van der Waals surface area contributed by atoms with Crippen LogP contribution in [0.5, 0.6) is 0 Å². The van der Waals surface area contributed by atoms with Crippen LogP contribution in [0.1, 0.15) is 35.1 Å². The minimum absolute atomic E-state index is 0.372. The van der Waals surface area contributed by atoms with Crippen LogP contribution in [0.15, 0.2) is 11.0 Å². The van der Waals surface area contributed by atoms with Crippen molar-refractivity contribution < 1.29 is 13.5 Å². The second-order valence-corrected chi connectivity index (χ2v) is 7.60. The van der Waals surface area contributed by atoms with Gasteiger partial charge in [0.15, 0.2) is 0 Å². The third-order valence-electron chi connectivity index (χ3n) is 4.32. The highest BCUT2D eigenvalue weighted by Crippen LogP contribution is 2.30. The minimum Gasteiger partial charge on any atom is -0.393 e. The Kier molecular flexibility index (Phi) is 4.23. The van der Waals surface area contributed by atoms with Crippen LogP contribution in [-0.2, 0) is 10.0 Å². The molecule has 1 aliphatic heterocycles. The van der Waals surface area contributed by atoms with Crippen molar-refractivity contribution in [3.8, 4) is 0 Å². The lowest BCUT2D eigenvalue weighted by Gasteiger charge is -2.30. The van der Waals surface area contributed by atoms with Crippen molar-refractivity contribution >= 4 is 10.0 Å². The molecule has 1 heterocycles. The lowest BCUT2D eigenvalue weighted by molar-refractivity contribution is 0.113. The molecule has 1 fully saturated rings. The highest BCUT2D eigenvalue weighted by atomic mass is 32.2. The number of sulfonamides is 1. The Balaban J connectivity index is 2.50. The average molecular weight is 297 g/mol. The van der Waals surface area contributed by atoms with E-state index in [1.807, 2.05) is 33.8 Å². The van der Waals surface area contributed by atoms with Crippen molar-refractivity contribution in [2.45, 2.75) is 51.5 Å². The summed E-state index contributed by atoms with van der Waals surface area (Å²) in [5, 5.41) is 9.54. The SMILES string of the molecule is Cc1cc(C)c(C)c(S(=O)(=O)N2CCC(O)CC2)c1C. The molecular formula is C15H23NO3S. The van der Waals surface area contributed by atoms with E-state index in [1.165, 1.54) is 4.31 Å². The van der Waals surface area contributed by atoms with Gasteiger partial charge in [-0.15, -0.1) is 0 Å². The molecule has 1 saturated heterocycles. The lowest BCUT2D eigenvalue weighted by atomic mass is 10.0. The van der Waals surface area contributed by atoms with Crippen LogP contribution in [-0.4, -0.2) is 37.0 Å². The van der Waals surface area contributed by atoms with E-state index in [1.54, 1.807) is 0 Å². The molecule has 1 aromatic rings. The van der Waals surface area contributed by atoms with E-state index < -0.39 is 10.0 Å². The van der Waals surface area contributed by atoms with Crippen LogP contribution in [0.25, 0.3) is 0 Å². The molecule has 0 spiro atoms. The maximum Gasteiger partial charge on any atom is 0.243 e. The molecular weight excluding hydrogens is 274 g/mol. The van der Waals surface area contributed by atoms with Crippen molar-refractivity contribution in [1.82, 2.24) is 4.31 Å². The van der Waals surface area contributed by atoms with Gasteiger partial charge in [0.05, 0.1) is 11.0 Å². The number of piperidine rings is 1. The molecule has 0 radical (unpaired) electrons. The molecule has 0 aromatic heterocycles. The number of aliphatic hydroxyl groups is 1. The summed E-state index contributed by atoms with van der Waals surface area (Å²) in [4.78, 5) is 0.450. The number of nitrogens with zero attached hydrogens (tertiary/aromatic N) is 1. The summed E-state index contributed by atoms with van der Waals surface area (Å²) in [7, 11) is -3.47. The van der Waals surface area contributed by atoms with E-state index in [2.05, 4.69) is 0 Å². The Morgan fingerprint density at radius 1 is 1.05 bits per heavy atom. The topological polar surface area (TPSA) is 57.6 Å². The first-order valence-corrected chi connectivity index (χ1v) is 8.44. The van der Waals surface area contributed by atoms with E-state index in [9.17, 15) is 13.5 Å². The van der Waals surface area contributed by atoms with Gasteiger partial charge in [0.2, 0.25) is 10.0 Å². The maximum absolute atomic E-state index is 12.9. The fourth-order valence-electron chi connectivity index (χ4n) is 2.78. The van der Waals surface area contributed by atoms with Crippen molar-refractivity contribution in [3.63, 3.8) is 0 Å². The van der Waals surface area contributed by atoms with Gasteiger partial charge in [-0.3, -0.25) is 0 Å². The average Bonchev–Trinajstić information content (AvgIpc) is 2.37. The second kappa shape index (κ2) is 5.47.